The highest BCUT2D eigenvalue weighted by atomic mass is 16.4. The molecule has 0 spiro atoms. The molecule has 1 fully saturated rings. The SMILES string of the molecule is CCc1ccc(C(=O)O)c(C)c1C(=O)N1CCC(c2ccc(C#N)cc2)CC1. The van der Waals surface area contributed by atoms with Crippen molar-refractivity contribution >= 4 is 11.9 Å². The highest BCUT2D eigenvalue weighted by Gasteiger charge is 2.28. The summed E-state index contributed by atoms with van der Waals surface area (Å²) >= 11 is 0. The summed E-state index contributed by atoms with van der Waals surface area (Å²) in [7, 11) is 0. The molecule has 144 valence electrons. The number of nitrogens with zero attached hydrogens (tertiary/aromatic N) is 2. The van der Waals surface area contributed by atoms with Crippen LogP contribution in [0.1, 0.15) is 68.7 Å². The van der Waals surface area contributed by atoms with Gasteiger partial charge in [0, 0.05) is 18.7 Å². The zero-order valence-electron chi connectivity index (χ0n) is 16.2. The average molecular weight is 376 g/mol. The van der Waals surface area contributed by atoms with Gasteiger partial charge in [-0.2, -0.15) is 5.26 Å². The van der Waals surface area contributed by atoms with Crippen molar-refractivity contribution in [2.24, 2.45) is 0 Å². The van der Waals surface area contributed by atoms with Crippen LogP contribution in [0.2, 0.25) is 0 Å². The van der Waals surface area contributed by atoms with Crippen molar-refractivity contribution in [3.05, 3.63) is 69.8 Å². The molecule has 1 aliphatic rings. The zero-order valence-corrected chi connectivity index (χ0v) is 16.2. The van der Waals surface area contributed by atoms with Gasteiger partial charge in [-0.15, -0.1) is 0 Å². The topological polar surface area (TPSA) is 81.4 Å². The van der Waals surface area contributed by atoms with E-state index in [0.29, 0.717) is 42.1 Å². The van der Waals surface area contributed by atoms with Crippen molar-refractivity contribution in [3.8, 4) is 6.07 Å². The molecular weight excluding hydrogens is 352 g/mol. The minimum Gasteiger partial charge on any atom is -0.478 e. The molecule has 3 rings (SSSR count). The van der Waals surface area contributed by atoms with Gasteiger partial charge in [0.25, 0.3) is 5.91 Å². The van der Waals surface area contributed by atoms with E-state index >= 15 is 0 Å². The molecule has 0 atom stereocenters. The van der Waals surface area contributed by atoms with Crippen LogP contribution >= 0.6 is 0 Å². The summed E-state index contributed by atoms with van der Waals surface area (Å²) in [5.41, 5.74) is 4.02. The lowest BCUT2D eigenvalue weighted by Gasteiger charge is -2.33. The third kappa shape index (κ3) is 3.77. The lowest BCUT2D eigenvalue weighted by Crippen LogP contribution is -2.38. The number of carbonyl (C=O) groups is 2. The summed E-state index contributed by atoms with van der Waals surface area (Å²) < 4.78 is 0. The molecule has 1 saturated heterocycles. The van der Waals surface area contributed by atoms with Crippen LogP contribution in [0, 0.1) is 18.3 Å². The molecule has 2 aromatic rings. The molecule has 1 amide bonds. The predicted octanol–water partition coefficient (Wildman–Crippen LogP) is 4.15. The molecule has 5 nitrogen and oxygen atoms in total. The van der Waals surface area contributed by atoms with Crippen molar-refractivity contribution in [2.45, 2.75) is 39.0 Å². The lowest BCUT2D eigenvalue weighted by molar-refractivity contribution is 0.0696. The highest BCUT2D eigenvalue weighted by molar-refractivity contribution is 6.01. The normalized spacial score (nSPS) is 14.5. The molecule has 28 heavy (non-hydrogen) atoms. The fourth-order valence-electron chi connectivity index (χ4n) is 4.00. The second-order valence-electron chi connectivity index (χ2n) is 7.23. The number of carboxylic acid groups (broad SMARTS) is 1. The minimum atomic E-state index is -1.01. The van der Waals surface area contributed by atoms with E-state index in [1.54, 1.807) is 19.1 Å². The van der Waals surface area contributed by atoms with Gasteiger partial charge in [-0.1, -0.05) is 25.1 Å². The van der Waals surface area contributed by atoms with E-state index in [-0.39, 0.29) is 11.5 Å². The monoisotopic (exact) mass is 376 g/mol. The Morgan fingerprint density at radius 2 is 1.79 bits per heavy atom. The van der Waals surface area contributed by atoms with E-state index in [2.05, 4.69) is 6.07 Å². The number of aryl methyl sites for hydroxylation is 1. The number of carboxylic acids is 1. The summed E-state index contributed by atoms with van der Waals surface area (Å²) in [6.07, 6.45) is 2.40. The van der Waals surface area contributed by atoms with Gasteiger partial charge >= 0.3 is 5.97 Å². The quantitative estimate of drug-likeness (QED) is 0.869. The van der Waals surface area contributed by atoms with E-state index in [1.807, 2.05) is 36.1 Å². The number of amides is 1. The van der Waals surface area contributed by atoms with Crippen LogP contribution in [0.15, 0.2) is 36.4 Å². The molecular formula is C23H24N2O3. The number of aromatic carboxylic acids is 1. The first-order valence-corrected chi connectivity index (χ1v) is 9.61. The van der Waals surface area contributed by atoms with Gasteiger partial charge in [-0.3, -0.25) is 4.79 Å². The molecule has 0 aromatic heterocycles. The maximum atomic E-state index is 13.2. The first-order chi connectivity index (χ1) is 13.5. The molecule has 0 aliphatic carbocycles. The first-order valence-electron chi connectivity index (χ1n) is 9.61. The second kappa shape index (κ2) is 8.26. The van der Waals surface area contributed by atoms with Crippen molar-refractivity contribution < 1.29 is 14.7 Å². The molecule has 2 aromatic carbocycles. The van der Waals surface area contributed by atoms with Crippen LogP contribution < -0.4 is 0 Å². The van der Waals surface area contributed by atoms with E-state index < -0.39 is 5.97 Å². The molecule has 5 heteroatoms. The molecule has 0 radical (unpaired) electrons. The molecule has 1 aliphatic heterocycles. The number of nitriles is 1. The number of piperidine rings is 1. The summed E-state index contributed by atoms with van der Waals surface area (Å²) in [6.45, 7) is 4.98. The Morgan fingerprint density at radius 1 is 1.14 bits per heavy atom. The van der Waals surface area contributed by atoms with E-state index in [9.17, 15) is 14.7 Å². The van der Waals surface area contributed by atoms with Crippen LogP contribution in [-0.4, -0.2) is 35.0 Å². The predicted molar refractivity (Wildman–Crippen MR) is 107 cm³/mol. The Morgan fingerprint density at radius 3 is 2.32 bits per heavy atom. The van der Waals surface area contributed by atoms with Crippen molar-refractivity contribution in [1.29, 1.82) is 5.26 Å². The first kappa shape index (κ1) is 19.6. The number of likely N-dealkylation sites (tertiary alicyclic amines) is 1. The fourth-order valence-corrected chi connectivity index (χ4v) is 4.00. The molecule has 0 bridgehead atoms. The van der Waals surface area contributed by atoms with Gasteiger partial charge in [-0.05, 0) is 67.0 Å². The Bertz CT molecular complexity index is 934. The smallest absolute Gasteiger partial charge is 0.335 e. The third-order valence-corrected chi connectivity index (χ3v) is 5.67. The van der Waals surface area contributed by atoms with Gasteiger partial charge in [0.15, 0.2) is 0 Å². The number of carbonyl (C=O) groups excluding carboxylic acids is 1. The van der Waals surface area contributed by atoms with Gasteiger partial charge in [0.1, 0.15) is 0 Å². The lowest BCUT2D eigenvalue weighted by atomic mass is 9.88. The Hall–Kier alpha value is -3.13. The van der Waals surface area contributed by atoms with E-state index in [4.69, 9.17) is 5.26 Å². The Kier molecular flexibility index (Phi) is 5.79. The maximum absolute atomic E-state index is 13.2. The average Bonchev–Trinajstić information content (AvgIpc) is 2.73. The van der Waals surface area contributed by atoms with Crippen LogP contribution in [0.25, 0.3) is 0 Å². The molecule has 1 heterocycles. The second-order valence-corrected chi connectivity index (χ2v) is 7.23. The van der Waals surface area contributed by atoms with Crippen LogP contribution in [-0.2, 0) is 6.42 Å². The number of benzene rings is 2. The van der Waals surface area contributed by atoms with Crippen molar-refractivity contribution in [1.82, 2.24) is 4.90 Å². The maximum Gasteiger partial charge on any atom is 0.335 e. The molecule has 1 N–H and O–H groups in total. The Labute approximate surface area is 165 Å². The largest absolute Gasteiger partial charge is 0.478 e. The van der Waals surface area contributed by atoms with E-state index in [0.717, 1.165) is 18.4 Å². The third-order valence-electron chi connectivity index (χ3n) is 5.67. The number of hydrogen-bond acceptors (Lipinski definition) is 3. The van der Waals surface area contributed by atoms with Crippen LogP contribution in [0.3, 0.4) is 0 Å². The standard InChI is InChI=1S/C23H24N2O3/c1-3-17-8-9-20(23(27)28)15(2)21(17)22(26)25-12-10-19(11-13-25)18-6-4-16(14-24)5-7-18/h4-9,19H,3,10-13H2,1-2H3,(H,27,28). The summed E-state index contributed by atoms with van der Waals surface area (Å²) in [4.78, 5) is 26.5. The van der Waals surface area contributed by atoms with Crippen LogP contribution in [0.5, 0.6) is 0 Å². The molecule has 0 unspecified atom stereocenters. The van der Waals surface area contributed by atoms with Crippen LogP contribution in [0.4, 0.5) is 0 Å². The highest BCUT2D eigenvalue weighted by Crippen LogP contribution is 2.30. The van der Waals surface area contributed by atoms with E-state index in [1.165, 1.54) is 5.56 Å². The van der Waals surface area contributed by atoms with Gasteiger partial charge in [-0.25, -0.2) is 4.79 Å². The summed E-state index contributed by atoms with van der Waals surface area (Å²) in [5.74, 6) is -0.710. The summed E-state index contributed by atoms with van der Waals surface area (Å²) in [5, 5.41) is 18.3. The van der Waals surface area contributed by atoms with Gasteiger partial charge in [0.05, 0.1) is 17.2 Å². The fraction of sp³-hybridized carbons (Fsp3) is 0.348. The zero-order chi connectivity index (χ0) is 20.3. The summed E-state index contributed by atoms with van der Waals surface area (Å²) in [6, 6.07) is 13.1. The number of hydrogen-bond donors (Lipinski definition) is 1. The van der Waals surface area contributed by atoms with Gasteiger partial charge in [0.2, 0.25) is 0 Å². The van der Waals surface area contributed by atoms with Crippen molar-refractivity contribution in [2.75, 3.05) is 13.1 Å². The van der Waals surface area contributed by atoms with Crippen molar-refractivity contribution in [3.63, 3.8) is 0 Å². The van der Waals surface area contributed by atoms with Gasteiger partial charge < -0.3 is 10.0 Å². The Balaban J connectivity index is 1.77. The minimum absolute atomic E-state index is 0.0734. The molecule has 0 saturated carbocycles. The number of rotatable bonds is 4.